The summed E-state index contributed by atoms with van der Waals surface area (Å²) in [6.07, 6.45) is 0. The Morgan fingerprint density at radius 1 is 0.432 bits per heavy atom. The molecule has 0 unspecified atom stereocenters. The molecule has 10 rings (SSSR count). The fourth-order valence-corrected chi connectivity index (χ4v) is 8.25. The molecule has 0 fully saturated rings. The van der Waals surface area contributed by atoms with Crippen LogP contribution in [0.4, 0.5) is 0 Å². The summed E-state index contributed by atoms with van der Waals surface area (Å²) in [4.78, 5) is 10.5. The van der Waals surface area contributed by atoms with Gasteiger partial charge in [0.25, 0.3) is 0 Å². The molecule has 0 aliphatic carbocycles. The highest BCUT2D eigenvalue weighted by Crippen LogP contribution is 2.45. The number of rotatable bonds is 2. The summed E-state index contributed by atoms with van der Waals surface area (Å²) < 4.78 is 4.68. The lowest BCUT2D eigenvalue weighted by molar-refractivity contribution is 1.08. The van der Waals surface area contributed by atoms with Gasteiger partial charge in [0.15, 0.2) is 11.6 Å². The van der Waals surface area contributed by atoms with Gasteiger partial charge in [-0.3, -0.25) is 4.57 Å². The molecule has 4 heteroatoms. The molecule has 0 spiro atoms. The normalized spacial score (nSPS) is 12.1. The minimum absolute atomic E-state index is 0.736. The van der Waals surface area contributed by atoms with Crippen molar-refractivity contribution in [2.24, 2.45) is 0 Å². The van der Waals surface area contributed by atoms with E-state index in [1.54, 1.807) is 11.3 Å². The second-order valence-corrected chi connectivity index (χ2v) is 12.4. The first-order valence-corrected chi connectivity index (χ1v) is 15.7. The van der Waals surface area contributed by atoms with Crippen LogP contribution in [0, 0.1) is 0 Å². The van der Waals surface area contributed by atoms with Gasteiger partial charge < -0.3 is 0 Å². The van der Waals surface area contributed by atoms with Crippen LogP contribution < -0.4 is 0 Å². The van der Waals surface area contributed by atoms with Crippen molar-refractivity contribution >= 4 is 85.8 Å². The van der Waals surface area contributed by atoms with Gasteiger partial charge in [0.1, 0.15) is 0 Å². The van der Waals surface area contributed by atoms with Crippen LogP contribution in [0.1, 0.15) is 0 Å². The average molecular weight is 578 g/mol. The van der Waals surface area contributed by atoms with Crippen molar-refractivity contribution in [2.45, 2.75) is 0 Å². The number of hydrogen-bond acceptors (Lipinski definition) is 3. The van der Waals surface area contributed by atoms with E-state index in [-0.39, 0.29) is 0 Å². The number of hydrogen-bond donors (Lipinski definition) is 0. The van der Waals surface area contributed by atoms with Gasteiger partial charge in [-0.1, -0.05) is 121 Å². The molecule has 3 aromatic heterocycles. The Hall–Kier alpha value is -5.58. The quantitative estimate of drug-likeness (QED) is 0.191. The number of aromatic nitrogens is 3. The van der Waals surface area contributed by atoms with Crippen LogP contribution in [0.3, 0.4) is 0 Å². The third-order valence-electron chi connectivity index (χ3n) is 8.99. The second-order valence-electron chi connectivity index (χ2n) is 11.3. The Kier molecular flexibility index (Phi) is 4.87. The molecule has 3 nitrogen and oxygen atoms in total. The monoisotopic (exact) mass is 577 g/mol. The van der Waals surface area contributed by atoms with Gasteiger partial charge in [0.2, 0.25) is 0 Å². The van der Waals surface area contributed by atoms with E-state index in [0.29, 0.717) is 0 Å². The molecule has 0 N–H and O–H groups in total. The molecule has 0 aliphatic rings. The molecule has 0 saturated heterocycles. The number of fused-ring (bicyclic) bond motifs is 13. The minimum Gasteiger partial charge on any atom is -0.292 e. The highest BCUT2D eigenvalue weighted by atomic mass is 32.1. The zero-order valence-electron chi connectivity index (χ0n) is 23.5. The van der Waals surface area contributed by atoms with E-state index in [9.17, 15) is 0 Å². The van der Waals surface area contributed by atoms with Gasteiger partial charge in [-0.2, -0.15) is 0 Å². The van der Waals surface area contributed by atoms with Crippen LogP contribution >= 0.6 is 11.3 Å². The lowest BCUT2D eigenvalue weighted by atomic mass is 9.92. The number of thiophene rings is 1. The molecular formula is C40H23N3S. The van der Waals surface area contributed by atoms with Gasteiger partial charge in [-0.15, -0.1) is 11.3 Å². The molecule has 0 radical (unpaired) electrons. The molecule has 0 atom stereocenters. The fourth-order valence-electron chi connectivity index (χ4n) is 7.13. The smallest absolute Gasteiger partial charge is 0.162 e. The highest BCUT2D eigenvalue weighted by Gasteiger charge is 2.22. The van der Waals surface area contributed by atoms with Crippen LogP contribution in [0.5, 0.6) is 0 Å². The zero-order chi connectivity index (χ0) is 28.8. The van der Waals surface area contributed by atoms with Gasteiger partial charge in [0, 0.05) is 31.8 Å². The van der Waals surface area contributed by atoms with Gasteiger partial charge in [-0.25, -0.2) is 9.97 Å². The van der Waals surface area contributed by atoms with Crippen molar-refractivity contribution in [1.29, 1.82) is 0 Å². The Morgan fingerprint density at radius 2 is 1.02 bits per heavy atom. The summed E-state index contributed by atoms with van der Waals surface area (Å²) >= 11 is 1.77. The van der Waals surface area contributed by atoms with E-state index in [1.807, 2.05) is 6.07 Å². The predicted molar refractivity (Wildman–Crippen MR) is 187 cm³/mol. The maximum atomic E-state index is 5.36. The molecule has 44 heavy (non-hydrogen) atoms. The molecule has 204 valence electrons. The first-order chi connectivity index (χ1) is 21.8. The first kappa shape index (κ1) is 23.9. The second kappa shape index (κ2) is 8.96. The lowest BCUT2D eigenvalue weighted by Crippen LogP contribution is -2.01. The van der Waals surface area contributed by atoms with Crippen LogP contribution in [-0.2, 0) is 0 Å². The zero-order valence-corrected chi connectivity index (χ0v) is 24.3. The van der Waals surface area contributed by atoms with Crippen LogP contribution in [-0.4, -0.2) is 14.5 Å². The van der Waals surface area contributed by atoms with E-state index in [0.717, 1.165) is 43.8 Å². The van der Waals surface area contributed by atoms with Crippen LogP contribution in [0.2, 0.25) is 0 Å². The Labute approximate surface area is 256 Å². The van der Waals surface area contributed by atoms with Crippen molar-refractivity contribution in [2.75, 3.05) is 0 Å². The van der Waals surface area contributed by atoms with Crippen molar-refractivity contribution < 1.29 is 0 Å². The Bertz CT molecular complexity index is 2740. The minimum atomic E-state index is 0.736. The Morgan fingerprint density at radius 3 is 1.80 bits per heavy atom. The van der Waals surface area contributed by atoms with Crippen LogP contribution in [0.25, 0.3) is 91.6 Å². The SMILES string of the molecule is c1ccc(-c2nc(-n3c4ccccc4c4c5c6ccccc6c6ccccc6c5ccc43)c3sc4ccccc4c3n2)cc1. The van der Waals surface area contributed by atoms with E-state index >= 15 is 0 Å². The molecule has 7 aromatic carbocycles. The third-order valence-corrected chi connectivity index (χ3v) is 10.1. The maximum absolute atomic E-state index is 5.36. The van der Waals surface area contributed by atoms with Crippen molar-refractivity contribution in [3.63, 3.8) is 0 Å². The van der Waals surface area contributed by atoms with E-state index < -0.39 is 0 Å². The largest absolute Gasteiger partial charge is 0.292 e. The third kappa shape index (κ3) is 3.20. The first-order valence-electron chi connectivity index (χ1n) is 14.9. The summed E-state index contributed by atoms with van der Waals surface area (Å²) in [6, 6.07) is 49.9. The summed E-state index contributed by atoms with van der Waals surface area (Å²) in [5, 5.41) is 11.3. The highest BCUT2D eigenvalue weighted by molar-refractivity contribution is 7.26. The lowest BCUT2D eigenvalue weighted by Gasteiger charge is -2.13. The van der Waals surface area contributed by atoms with Gasteiger partial charge in [-0.05, 0) is 45.1 Å². The number of benzene rings is 7. The summed E-state index contributed by atoms with van der Waals surface area (Å²) in [5.41, 5.74) is 4.30. The topological polar surface area (TPSA) is 30.7 Å². The van der Waals surface area contributed by atoms with Crippen molar-refractivity contribution in [3.8, 4) is 17.2 Å². The van der Waals surface area contributed by atoms with E-state index in [1.165, 1.54) is 47.8 Å². The van der Waals surface area contributed by atoms with Crippen molar-refractivity contribution in [3.05, 3.63) is 140 Å². The van der Waals surface area contributed by atoms with Gasteiger partial charge in [0.05, 0.1) is 21.3 Å². The standard InChI is InChI=1S/C40H23N3S/c1-2-12-24(13-3-1)39-41-37-31-19-9-11-21-34(31)44-38(37)40(42-39)43-32-20-10-8-18-30(32)36-33(43)23-22-29-27-16-5-4-14-25(27)26-15-6-7-17-28(26)35(29)36/h1-23H. The number of para-hydroxylation sites is 1. The van der Waals surface area contributed by atoms with Gasteiger partial charge >= 0.3 is 0 Å². The van der Waals surface area contributed by atoms with E-state index in [4.69, 9.17) is 9.97 Å². The summed E-state index contributed by atoms with van der Waals surface area (Å²) in [6.45, 7) is 0. The molecule has 0 aliphatic heterocycles. The van der Waals surface area contributed by atoms with Crippen LogP contribution in [0.15, 0.2) is 140 Å². The summed E-state index contributed by atoms with van der Waals surface area (Å²) in [5.74, 6) is 1.66. The van der Waals surface area contributed by atoms with Crippen molar-refractivity contribution in [1.82, 2.24) is 14.5 Å². The molecule has 0 bridgehead atoms. The summed E-state index contributed by atoms with van der Waals surface area (Å²) in [7, 11) is 0. The molecule has 0 saturated carbocycles. The molecule has 0 amide bonds. The Balaban J connectivity index is 1.44. The number of nitrogens with zero attached hydrogens (tertiary/aromatic N) is 3. The average Bonchev–Trinajstić information content (AvgIpc) is 3.64. The van der Waals surface area contributed by atoms with E-state index in [2.05, 4.69) is 138 Å². The molecule has 3 heterocycles. The predicted octanol–water partition coefficient (Wildman–Crippen LogP) is 11.1. The fraction of sp³-hybridized carbons (Fsp3) is 0. The molecular weight excluding hydrogens is 555 g/mol. The maximum Gasteiger partial charge on any atom is 0.162 e. The molecule has 10 aromatic rings.